The molecule has 0 unspecified atom stereocenters. The molecule has 0 saturated carbocycles. The van der Waals surface area contributed by atoms with Crippen molar-refractivity contribution in [2.75, 3.05) is 13.6 Å². The van der Waals surface area contributed by atoms with Gasteiger partial charge in [0.2, 0.25) is 5.91 Å². The molecule has 1 fully saturated rings. The third-order valence-corrected chi connectivity index (χ3v) is 5.22. The zero-order chi connectivity index (χ0) is 17.1. The van der Waals surface area contributed by atoms with Crippen LogP contribution in [0.1, 0.15) is 30.4 Å². The summed E-state index contributed by atoms with van der Waals surface area (Å²) in [6, 6.07) is 8.85. The van der Waals surface area contributed by atoms with Crippen LogP contribution in [0.3, 0.4) is 0 Å². The first-order valence-corrected chi connectivity index (χ1v) is 8.62. The molecule has 0 aliphatic carbocycles. The summed E-state index contributed by atoms with van der Waals surface area (Å²) in [6.07, 6.45) is 4.47. The monoisotopic (exact) mass is 326 g/mol. The van der Waals surface area contributed by atoms with Gasteiger partial charge in [-0.05, 0) is 44.0 Å². The molecule has 5 heteroatoms. The van der Waals surface area contributed by atoms with Gasteiger partial charge in [0, 0.05) is 43.2 Å². The van der Waals surface area contributed by atoms with Crippen LogP contribution in [0.2, 0.25) is 0 Å². The van der Waals surface area contributed by atoms with E-state index in [4.69, 9.17) is 5.73 Å². The molecule has 2 aromatic rings. The van der Waals surface area contributed by atoms with Crippen LogP contribution in [-0.2, 0) is 11.3 Å². The number of pyridine rings is 1. The first-order valence-electron chi connectivity index (χ1n) is 8.62. The van der Waals surface area contributed by atoms with Crippen molar-refractivity contribution >= 4 is 16.8 Å². The highest BCUT2D eigenvalue weighted by Gasteiger charge is 2.30. The first kappa shape index (κ1) is 16.9. The molecule has 1 aliphatic heterocycles. The van der Waals surface area contributed by atoms with Crippen molar-refractivity contribution in [3.8, 4) is 0 Å². The molecule has 1 aromatic carbocycles. The summed E-state index contributed by atoms with van der Waals surface area (Å²) < 4.78 is 0. The quantitative estimate of drug-likeness (QED) is 0.881. The molecule has 128 valence electrons. The zero-order valence-corrected chi connectivity index (χ0v) is 14.5. The number of benzene rings is 1. The highest BCUT2D eigenvalue weighted by molar-refractivity contribution is 5.85. The standard InChI is InChI=1S/C19H26N4O/c1-13-5-6-14(17-4-3-9-21-19(13)17)12-22-18(24)10-15-7-8-16(11-20)23(15)2/h3-6,9,15-16H,7-8,10-12,20H2,1-2H3,(H,22,24)/t15-,16+/m0/s1. The number of fused-ring (bicyclic) bond motifs is 1. The van der Waals surface area contributed by atoms with Gasteiger partial charge in [0.25, 0.3) is 0 Å². The molecule has 3 N–H and O–H groups in total. The van der Waals surface area contributed by atoms with E-state index >= 15 is 0 Å². The van der Waals surface area contributed by atoms with Gasteiger partial charge >= 0.3 is 0 Å². The van der Waals surface area contributed by atoms with Gasteiger partial charge in [0.15, 0.2) is 0 Å². The van der Waals surface area contributed by atoms with Crippen LogP contribution in [0.25, 0.3) is 10.9 Å². The number of hydrogen-bond acceptors (Lipinski definition) is 4. The van der Waals surface area contributed by atoms with Gasteiger partial charge in [0.1, 0.15) is 0 Å². The number of nitrogens with one attached hydrogen (secondary N) is 1. The lowest BCUT2D eigenvalue weighted by Gasteiger charge is -2.24. The molecule has 24 heavy (non-hydrogen) atoms. The molecule has 1 amide bonds. The molecule has 0 bridgehead atoms. The number of hydrogen-bond donors (Lipinski definition) is 2. The van der Waals surface area contributed by atoms with E-state index < -0.39 is 0 Å². The van der Waals surface area contributed by atoms with E-state index in [0.29, 0.717) is 31.6 Å². The molecule has 5 nitrogen and oxygen atoms in total. The number of carbonyl (C=O) groups excluding carboxylic acids is 1. The lowest BCUT2D eigenvalue weighted by molar-refractivity contribution is -0.122. The Morgan fingerprint density at radius 2 is 2.12 bits per heavy atom. The molecular weight excluding hydrogens is 300 g/mol. The average molecular weight is 326 g/mol. The fraction of sp³-hybridized carbons (Fsp3) is 0.474. The summed E-state index contributed by atoms with van der Waals surface area (Å²) in [6.45, 7) is 3.26. The van der Waals surface area contributed by atoms with Crippen LogP contribution >= 0.6 is 0 Å². The van der Waals surface area contributed by atoms with Crippen molar-refractivity contribution in [2.45, 2.75) is 44.8 Å². The Bertz CT molecular complexity index is 730. The fourth-order valence-electron chi connectivity index (χ4n) is 3.63. The summed E-state index contributed by atoms with van der Waals surface area (Å²) in [7, 11) is 2.07. The smallest absolute Gasteiger partial charge is 0.221 e. The van der Waals surface area contributed by atoms with E-state index in [1.807, 2.05) is 12.3 Å². The number of nitrogens with two attached hydrogens (primary N) is 1. The SMILES string of the molecule is Cc1ccc(CNC(=O)C[C@@H]2CC[C@H](CN)N2C)c2cccnc12. The van der Waals surface area contributed by atoms with Crippen LogP contribution in [0.5, 0.6) is 0 Å². The van der Waals surface area contributed by atoms with Crippen LogP contribution < -0.4 is 11.1 Å². The Balaban J connectivity index is 1.62. The summed E-state index contributed by atoms with van der Waals surface area (Å²) in [5.74, 6) is 0.0992. The molecule has 2 atom stereocenters. The number of aryl methyl sites for hydroxylation is 1. The van der Waals surface area contributed by atoms with E-state index in [0.717, 1.165) is 34.9 Å². The van der Waals surface area contributed by atoms with E-state index in [1.54, 1.807) is 0 Å². The van der Waals surface area contributed by atoms with Crippen LogP contribution in [-0.4, -0.2) is 41.5 Å². The number of aromatic nitrogens is 1. The Morgan fingerprint density at radius 1 is 1.33 bits per heavy atom. The summed E-state index contributed by atoms with van der Waals surface area (Å²) in [4.78, 5) is 19.0. The minimum absolute atomic E-state index is 0.0992. The number of carbonyl (C=O) groups is 1. The Kier molecular flexibility index (Phi) is 5.11. The normalized spacial score (nSPS) is 21.3. The Hall–Kier alpha value is -1.98. The van der Waals surface area contributed by atoms with Gasteiger partial charge < -0.3 is 11.1 Å². The predicted octanol–water partition coefficient (Wildman–Crippen LogP) is 1.97. The maximum Gasteiger partial charge on any atom is 0.221 e. The van der Waals surface area contributed by atoms with Crippen LogP contribution in [0, 0.1) is 6.92 Å². The lowest BCUT2D eigenvalue weighted by atomic mass is 10.0. The molecule has 2 heterocycles. The van der Waals surface area contributed by atoms with Crippen molar-refractivity contribution < 1.29 is 4.79 Å². The van der Waals surface area contributed by atoms with Gasteiger partial charge in [-0.15, -0.1) is 0 Å². The Morgan fingerprint density at radius 3 is 2.88 bits per heavy atom. The summed E-state index contributed by atoms with van der Waals surface area (Å²) in [5.41, 5.74) is 9.04. The van der Waals surface area contributed by atoms with E-state index in [2.05, 4.69) is 47.4 Å². The lowest BCUT2D eigenvalue weighted by Crippen LogP contribution is -2.39. The van der Waals surface area contributed by atoms with Crippen LogP contribution in [0.4, 0.5) is 0 Å². The maximum absolute atomic E-state index is 12.3. The van der Waals surface area contributed by atoms with E-state index in [9.17, 15) is 4.79 Å². The van der Waals surface area contributed by atoms with Crippen molar-refractivity contribution in [3.63, 3.8) is 0 Å². The van der Waals surface area contributed by atoms with Gasteiger partial charge in [-0.25, -0.2) is 0 Å². The number of nitrogens with zero attached hydrogens (tertiary/aromatic N) is 2. The molecule has 0 spiro atoms. The predicted molar refractivity (Wildman–Crippen MR) is 96.6 cm³/mol. The number of likely N-dealkylation sites (tertiary alicyclic amines) is 1. The summed E-state index contributed by atoms with van der Waals surface area (Å²) >= 11 is 0. The third kappa shape index (κ3) is 3.42. The topological polar surface area (TPSA) is 71.2 Å². The average Bonchev–Trinajstić information content (AvgIpc) is 2.94. The van der Waals surface area contributed by atoms with Gasteiger partial charge in [-0.3, -0.25) is 14.7 Å². The van der Waals surface area contributed by atoms with Crippen LogP contribution in [0.15, 0.2) is 30.5 Å². The molecule has 3 rings (SSSR count). The van der Waals surface area contributed by atoms with Crippen molar-refractivity contribution in [3.05, 3.63) is 41.6 Å². The first-order chi connectivity index (χ1) is 11.6. The highest BCUT2D eigenvalue weighted by Crippen LogP contribution is 2.24. The van der Waals surface area contributed by atoms with Gasteiger partial charge in [0.05, 0.1) is 5.52 Å². The second kappa shape index (κ2) is 7.28. The third-order valence-electron chi connectivity index (χ3n) is 5.22. The van der Waals surface area contributed by atoms with Crippen molar-refractivity contribution in [1.29, 1.82) is 0 Å². The highest BCUT2D eigenvalue weighted by atomic mass is 16.1. The summed E-state index contributed by atoms with van der Waals surface area (Å²) in [5, 5.41) is 4.18. The zero-order valence-electron chi connectivity index (χ0n) is 14.5. The molecule has 0 radical (unpaired) electrons. The van der Waals surface area contributed by atoms with E-state index in [-0.39, 0.29) is 5.91 Å². The van der Waals surface area contributed by atoms with Crippen molar-refractivity contribution in [2.24, 2.45) is 5.73 Å². The Labute approximate surface area is 143 Å². The minimum Gasteiger partial charge on any atom is -0.352 e. The molecular formula is C19H26N4O. The number of likely N-dealkylation sites (N-methyl/N-ethyl adjacent to an activating group) is 1. The largest absolute Gasteiger partial charge is 0.352 e. The maximum atomic E-state index is 12.3. The fourth-order valence-corrected chi connectivity index (χ4v) is 3.63. The van der Waals surface area contributed by atoms with Gasteiger partial charge in [-0.1, -0.05) is 18.2 Å². The molecule has 1 aromatic heterocycles. The molecule has 1 aliphatic rings. The second-order valence-corrected chi connectivity index (χ2v) is 6.71. The second-order valence-electron chi connectivity index (χ2n) is 6.71. The number of rotatable bonds is 5. The minimum atomic E-state index is 0.0992. The number of amides is 1. The molecule has 1 saturated heterocycles. The van der Waals surface area contributed by atoms with Crippen molar-refractivity contribution in [1.82, 2.24) is 15.2 Å². The van der Waals surface area contributed by atoms with Gasteiger partial charge in [-0.2, -0.15) is 0 Å². The van der Waals surface area contributed by atoms with E-state index in [1.165, 1.54) is 0 Å².